The van der Waals surface area contributed by atoms with Crippen LogP contribution >= 0.6 is 0 Å². The topological polar surface area (TPSA) is 0 Å². The molecule has 0 aromatic rings. The van der Waals surface area contributed by atoms with Crippen LogP contribution in [0.3, 0.4) is 0 Å². The largest absolute Gasteiger partial charge is 0.0917 e. The van der Waals surface area contributed by atoms with Gasteiger partial charge in [-0.1, -0.05) is 71.3 Å². The first kappa shape index (κ1) is 21.7. The van der Waals surface area contributed by atoms with Crippen molar-refractivity contribution in [1.29, 1.82) is 0 Å². The van der Waals surface area contributed by atoms with Crippen molar-refractivity contribution >= 4 is 0 Å². The second kappa shape index (κ2) is 7.27. The summed E-state index contributed by atoms with van der Waals surface area (Å²) in [4.78, 5) is 0. The summed E-state index contributed by atoms with van der Waals surface area (Å²) < 4.78 is 0. The number of rotatable bonds is 4. The molecule has 3 saturated carbocycles. The van der Waals surface area contributed by atoms with Crippen molar-refractivity contribution in [3.8, 4) is 0 Å². The summed E-state index contributed by atoms with van der Waals surface area (Å²) in [5.74, 6) is 2.65. The van der Waals surface area contributed by atoms with E-state index in [1.807, 2.05) is 11.1 Å². The molecule has 0 N–H and O–H groups in total. The summed E-state index contributed by atoms with van der Waals surface area (Å²) in [5.41, 5.74) is 5.92. The maximum atomic E-state index is 2.74. The standard InChI is InChI=1S/C29H48/c1-8-9-10-12-21(2)22-15-19-28(6)23(22)13-14-25-27(5)18-11-17-26(3,4)24(27)16-20-29(25,28)7/h8-9,21,24-25H,10-20H2,1-7H3/b9-8-/t21-,24+,25-,27+,28-,29-/m1/s1. The average molecular weight is 397 g/mol. The van der Waals surface area contributed by atoms with E-state index in [1.54, 1.807) is 0 Å². The molecule has 6 atom stereocenters. The minimum absolute atomic E-state index is 0.468. The molecule has 0 unspecified atom stereocenters. The Labute approximate surface area is 182 Å². The van der Waals surface area contributed by atoms with Crippen LogP contribution in [-0.4, -0.2) is 0 Å². The third-order valence-electron chi connectivity index (χ3n) is 11.3. The van der Waals surface area contributed by atoms with Crippen LogP contribution in [0.5, 0.6) is 0 Å². The Morgan fingerprint density at radius 2 is 1.69 bits per heavy atom. The molecule has 0 saturated heterocycles. The zero-order valence-electron chi connectivity index (χ0n) is 20.7. The van der Waals surface area contributed by atoms with E-state index in [0.29, 0.717) is 21.7 Å². The van der Waals surface area contributed by atoms with Crippen LogP contribution in [0.25, 0.3) is 0 Å². The van der Waals surface area contributed by atoms with Gasteiger partial charge < -0.3 is 0 Å². The van der Waals surface area contributed by atoms with Gasteiger partial charge in [0.1, 0.15) is 0 Å². The van der Waals surface area contributed by atoms with Crippen molar-refractivity contribution in [3.63, 3.8) is 0 Å². The van der Waals surface area contributed by atoms with Gasteiger partial charge in [0.25, 0.3) is 0 Å². The van der Waals surface area contributed by atoms with Crippen molar-refractivity contribution in [2.45, 2.75) is 119 Å². The Bertz CT molecular complexity index is 693. The van der Waals surface area contributed by atoms with Gasteiger partial charge in [-0.2, -0.15) is 0 Å². The van der Waals surface area contributed by atoms with E-state index >= 15 is 0 Å². The fraction of sp³-hybridized carbons (Fsp3) is 0.862. The van der Waals surface area contributed by atoms with E-state index in [1.165, 1.54) is 70.6 Å². The Morgan fingerprint density at radius 3 is 2.41 bits per heavy atom. The number of allylic oxidation sites excluding steroid dienone is 4. The first-order valence-electron chi connectivity index (χ1n) is 12.9. The highest BCUT2D eigenvalue weighted by Gasteiger charge is 2.65. The van der Waals surface area contributed by atoms with E-state index in [2.05, 4.69) is 60.6 Å². The Kier molecular flexibility index (Phi) is 5.44. The first-order valence-corrected chi connectivity index (χ1v) is 12.9. The molecule has 0 heteroatoms. The fourth-order valence-corrected chi connectivity index (χ4v) is 9.59. The predicted octanol–water partition coefficient (Wildman–Crippen LogP) is 9.12. The average Bonchev–Trinajstić information content (AvgIpc) is 3.00. The third kappa shape index (κ3) is 3.05. The Hall–Kier alpha value is -0.520. The minimum Gasteiger partial charge on any atom is -0.0917 e. The number of hydrogen-bond acceptors (Lipinski definition) is 0. The molecule has 0 spiro atoms. The van der Waals surface area contributed by atoms with Crippen LogP contribution in [0, 0.1) is 39.4 Å². The zero-order valence-corrected chi connectivity index (χ0v) is 20.7. The lowest BCUT2D eigenvalue weighted by molar-refractivity contribution is -0.173. The quantitative estimate of drug-likeness (QED) is 0.415. The van der Waals surface area contributed by atoms with Gasteiger partial charge in [0.05, 0.1) is 0 Å². The van der Waals surface area contributed by atoms with Crippen molar-refractivity contribution in [1.82, 2.24) is 0 Å². The summed E-state index contributed by atoms with van der Waals surface area (Å²) in [5, 5.41) is 0. The van der Waals surface area contributed by atoms with Crippen LogP contribution in [0.15, 0.2) is 23.3 Å². The van der Waals surface area contributed by atoms with Gasteiger partial charge in [-0.3, -0.25) is 0 Å². The SMILES string of the molecule is C/C=C\CC[C@@H](C)C1=C2CC[C@@H]3[C@@]4(C)CCCC(C)(C)[C@@H]4CC[C@@]3(C)[C@]2(C)CC1. The first-order chi connectivity index (χ1) is 13.6. The molecular weight excluding hydrogens is 348 g/mol. The highest BCUT2D eigenvalue weighted by atomic mass is 14.7. The predicted molar refractivity (Wildman–Crippen MR) is 127 cm³/mol. The lowest BCUT2D eigenvalue weighted by Crippen LogP contribution is -2.60. The molecule has 0 heterocycles. The lowest BCUT2D eigenvalue weighted by atomic mass is 9.36. The molecule has 0 aromatic carbocycles. The number of hydrogen-bond donors (Lipinski definition) is 0. The monoisotopic (exact) mass is 396 g/mol. The molecular formula is C29H48. The Balaban J connectivity index is 1.66. The van der Waals surface area contributed by atoms with E-state index < -0.39 is 0 Å². The van der Waals surface area contributed by atoms with Crippen molar-refractivity contribution in [2.24, 2.45) is 39.4 Å². The van der Waals surface area contributed by atoms with Gasteiger partial charge in [0.15, 0.2) is 0 Å². The van der Waals surface area contributed by atoms with Crippen LogP contribution in [0.2, 0.25) is 0 Å². The summed E-state index contributed by atoms with van der Waals surface area (Å²) in [6.45, 7) is 18.0. The maximum Gasteiger partial charge on any atom is -0.00539 e. The lowest BCUT2D eigenvalue weighted by Gasteiger charge is -2.68. The van der Waals surface area contributed by atoms with Crippen LogP contribution < -0.4 is 0 Å². The normalized spacial score (nSPS) is 45.1. The second-order valence-electron chi connectivity index (χ2n) is 12.8. The van der Waals surface area contributed by atoms with Gasteiger partial charge in [-0.25, -0.2) is 0 Å². The van der Waals surface area contributed by atoms with Gasteiger partial charge in [-0.05, 0) is 111 Å². The highest BCUT2D eigenvalue weighted by Crippen LogP contribution is 2.74. The van der Waals surface area contributed by atoms with E-state index in [9.17, 15) is 0 Å². The van der Waals surface area contributed by atoms with Gasteiger partial charge >= 0.3 is 0 Å². The molecule has 0 aliphatic heterocycles. The molecule has 4 aliphatic carbocycles. The molecule has 0 nitrogen and oxygen atoms in total. The molecule has 0 aromatic heterocycles. The summed E-state index contributed by atoms with van der Waals surface area (Å²) in [6.07, 6.45) is 20.2. The fourth-order valence-electron chi connectivity index (χ4n) is 9.59. The van der Waals surface area contributed by atoms with Crippen LogP contribution in [-0.2, 0) is 0 Å². The molecule has 29 heavy (non-hydrogen) atoms. The van der Waals surface area contributed by atoms with E-state index in [4.69, 9.17) is 0 Å². The Morgan fingerprint density at radius 1 is 0.931 bits per heavy atom. The molecule has 0 radical (unpaired) electrons. The van der Waals surface area contributed by atoms with E-state index in [-0.39, 0.29) is 0 Å². The highest BCUT2D eigenvalue weighted by molar-refractivity contribution is 5.36. The zero-order chi connectivity index (χ0) is 21.1. The van der Waals surface area contributed by atoms with Crippen molar-refractivity contribution in [2.75, 3.05) is 0 Å². The van der Waals surface area contributed by atoms with Crippen molar-refractivity contribution in [3.05, 3.63) is 23.3 Å². The van der Waals surface area contributed by atoms with Gasteiger partial charge in [0, 0.05) is 0 Å². The van der Waals surface area contributed by atoms with E-state index in [0.717, 1.165) is 17.8 Å². The van der Waals surface area contributed by atoms with Gasteiger partial charge in [-0.15, -0.1) is 0 Å². The maximum absolute atomic E-state index is 2.74. The smallest absolute Gasteiger partial charge is 0.00539 e. The third-order valence-corrected chi connectivity index (χ3v) is 11.3. The van der Waals surface area contributed by atoms with Gasteiger partial charge in [0.2, 0.25) is 0 Å². The minimum atomic E-state index is 0.468. The molecule has 164 valence electrons. The second-order valence-corrected chi connectivity index (χ2v) is 12.8. The summed E-state index contributed by atoms with van der Waals surface area (Å²) in [7, 11) is 0. The van der Waals surface area contributed by atoms with Crippen LogP contribution in [0.1, 0.15) is 119 Å². The summed E-state index contributed by atoms with van der Waals surface area (Å²) >= 11 is 0. The number of fused-ring (bicyclic) bond motifs is 5. The van der Waals surface area contributed by atoms with Crippen LogP contribution in [0.4, 0.5) is 0 Å². The van der Waals surface area contributed by atoms with Crippen molar-refractivity contribution < 1.29 is 0 Å². The molecule has 0 amide bonds. The molecule has 4 aliphatic rings. The summed E-state index contributed by atoms with van der Waals surface area (Å²) in [6, 6.07) is 0. The molecule has 4 rings (SSSR count). The molecule has 0 bridgehead atoms. The molecule has 3 fully saturated rings.